The number of rotatable bonds is 2. The summed E-state index contributed by atoms with van der Waals surface area (Å²) in [5.41, 5.74) is 0. The monoisotopic (exact) mass is 184 g/mol. The fourth-order valence-corrected chi connectivity index (χ4v) is 2.10. The Bertz CT molecular complexity index is 244. The van der Waals surface area contributed by atoms with Crippen molar-refractivity contribution < 1.29 is 5.11 Å². The number of aromatic nitrogens is 1. The highest BCUT2D eigenvalue weighted by Crippen LogP contribution is 2.29. The molecule has 1 heterocycles. The molecule has 0 amide bonds. The molecule has 1 aliphatic carbocycles. The molecule has 1 N–H and O–H groups in total. The SMILES string of the molecule is CN(c1nccs1)C1CC(O)C1. The highest BCUT2D eigenvalue weighted by atomic mass is 32.1. The van der Waals surface area contributed by atoms with E-state index in [1.54, 1.807) is 11.3 Å². The molecule has 0 bridgehead atoms. The zero-order valence-corrected chi connectivity index (χ0v) is 7.79. The molecule has 2 rings (SSSR count). The second-order valence-corrected chi connectivity index (χ2v) is 4.08. The Morgan fingerprint density at radius 1 is 1.67 bits per heavy atom. The summed E-state index contributed by atoms with van der Waals surface area (Å²) in [7, 11) is 2.04. The lowest BCUT2D eigenvalue weighted by atomic mass is 9.89. The Hall–Kier alpha value is -0.610. The van der Waals surface area contributed by atoms with Crippen molar-refractivity contribution in [3.05, 3.63) is 11.6 Å². The summed E-state index contributed by atoms with van der Waals surface area (Å²) in [6, 6.07) is 0.492. The van der Waals surface area contributed by atoms with Crippen molar-refractivity contribution in [1.82, 2.24) is 4.98 Å². The van der Waals surface area contributed by atoms with Gasteiger partial charge >= 0.3 is 0 Å². The summed E-state index contributed by atoms with van der Waals surface area (Å²) in [5.74, 6) is 0. The number of aliphatic hydroxyl groups excluding tert-OH is 1. The molecule has 0 radical (unpaired) electrons. The molecule has 0 unspecified atom stereocenters. The Morgan fingerprint density at radius 3 is 2.92 bits per heavy atom. The van der Waals surface area contributed by atoms with Crippen LogP contribution in [0.3, 0.4) is 0 Å². The van der Waals surface area contributed by atoms with Crippen LogP contribution in [0, 0.1) is 0 Å². The minimum absolute atomic E-state index is 0.0857. The lowest BCUT2D eigenvalue weighted by Gasteiger charge is -2.38. The Labute approximate surface area is 75.7 Å². The van der Waals surface area contributed by atoms with Gasteiger partial charge in [0, 0.05) is 24.7 Å². The average Bonchev–Trinajstić information content (AvgIpc) is 2.49. The predicted octanol–water partition coefficient (Wildman–Crippen LogP) is 1.10. The van der Waals surface area contributed by atoms with Crippen LogP contribution in [0.2, 0.25) is 0 Å². The van der Waals surface area contributed by atoms with Gasteiger partial charge in [-0.3, -0.25) is 0 Å². The molecule has 1 fully saturated rings. The van der Waals surface area contributed by atoms with E-state index in [0.717, 1.165) is 18.0 Å². The number of hydrogen-bond donors (Lipinski definition) is 1. The Balaban J connectivity index is 1.97. The second-order valence-electron chi connectivity index (χ2n) is 3.20. The average molecular weight is 184 g/mol. The van der Waals surface area contributed by atoms with Gasteiger partial charge in [-0.2, -0.15) is 0 Å². The van der Waals surface area contributed by atoms with Crippen molar-refractivity contribution in [1.29, 1.82) is 0 Å². The molecule has 0 spiro atoms. The van der Waals surface area contributed by atoms with Gasteiger partial charge in [0.1, 0.15) is 0 Å². The first kappa shape index (κ1) is 8.01. The lowest BCUT2D eigenvalue weighted by molar-refractivity contribution is 0.0750. The van der Waals surface area contributed by atoms with Gasteiger partial charge in [-0.15, -0.1) is 11.3 Å². The zero-order chi connectivity index (χ0) is 8.55. The second kappa shape index (κ2) is 3.03. The van der Waals surface area contributed by atoms with Gasteiger partial charge in [0.25, 0.3) is 0 Å². The molecule has 0 atom stereocenters. The lowest BCUT2D eigenvalue weighted by Crippen LogP contribution is -2.45. The third-order valence-electron chi connectivity index (χ3n) is 2.36. The molecule has 4 heteroatoms. The van der Waals surface area contributed by atoms with Gasteiger partial charge < -0.3 is 10.0 Å². The van der Waals surface area contributed by atoms with Crippen LogP contribution in [0.5, 0.6) is 0 Å². The van der Waals surface area contributed by atoms with Crippen molar-refractivity contribution in [2.45, 2.75) is 25.0 Å². The van der Waals surface area contributed by atoms with Gasteiger partial charge in [0.15, 0.2) is 5.13 Å². The molecule has 1 aliphatic rings. The fraction of sp³-hybridized carbons (Fsp3) is 0.625. The third kappa shape index (κ3) is 1.32. The highest BCUT2D eigenvalue weighted by Gasteiger charge is 2.31. The standard InChI is InChI=1S/C8H12N2OS/c1-10(6-4-7(11)5-6)8-9-2-3-12-8/h2-3,6-7,11H,4-5H2,1H3. The number of thiazole rings is 1. The maximum atomic E-state index is 9.12. The summed E-state index contributed by atoms with van der Waals surface area (Å²) in [4.78, 5) is 6.36. The number of aliphatic hydroxyl groups is 1. The molecular formula is C8H12N2OS. The molecule has 12 heavy (non-hydrogen) atoms. The normalized spacial score (nSPS) is 28.2. The van der Waals surface area contributed by atoms with Crippen molar-refractivity contribution in [3.8, 4) is 0 Å². The predicted molar refractivity (Wildman–Crippen MR) is 49.5 cm³/mol. The molecule has 0 aromatic carbocycles. The van der Waals surface area contributed by atoms with Crippen LogP contribution in [0.15, 0.2) is 11.6 Å². The highest BCUT2D eigenvalue weighted by molar-refractivity contribution is 7.13. The van der Waals surface area contributed by atoms with E-state index in [4.69, 9.17) is 5.11 Å². The van der Waals surface area contributed by atoms with E-state index < -0.39 is 0 Å². The maximum absolute atomic E-state index is 9.12. The first-order valence-corrected chi connectivity index (χ1v) is 4.95. The van der Waals surface area contributed by atoms with E-state index in [2.05, 4.69) is 9.88 Å². The Kier molecular flexibility index (Phi) is 2.02. The molecule has 1 aromatic rings. The molecule has 1 saturated carbocycles. The van der Waals surface area contributed by atoms with Crippen molar-refractivity contribution >= 4 is 16.5 Å². The van der Waals surface area contributed by atoms with Gasteiger partial charge in [-0.1, -0.05) is 0 Å². The number of hydrogen-bond acceptors (Lipinski definition) is 4. The molecule has 1 aromatic heterocycles. The summed E-state index contributed by atoms with van der Waals surface area (Å²) >= 11 is 1.64. The van der Waals surface area contributed by atoms with Crippen LogP contribution in [-0.4, -0.2) is 29.3 Å². The van der Waals surface area contributed by atoms with Crippen LogP contribution in [0.1, 0.15) is 12.8 Å². The third-order valence-corrected chi connectivity index (χ3v) is 3.22. The fourth-order valence-electron chi connectivity index (χ4n) is 1.42. The zero-order valence-electron chi connectivity index (χ0n) is 6.97. The summed E-state index contributed by atoms with van der Waals surface area (Å²) in [6.07, 6.45) is 3.50. The smallest absolute Gasteiger partial charge is 0.185 e. The van der Waals surface area contributed by atoms with Gasteiger partial charge in [0.2, 0.25) is 0 Å². The van der Waals surface area contributed by atoms with Crippen LogP contribution >= 0.6 is 11.3 Å². The summed E-state index contributed by atoms with van der Waals surface area (Å²) in [6.45, 7) is 0. The molecule has 0 aliphatic heterocycles. The number of anilines is 1. The quantitative estimate of drug-likeness (QED) is 0.747. The van der Waals surface area contributed by atoms with E-state index in [1.807, 2.05) is 18.6 Å². The summed E-state index contributed by atoms with van der Waals surface area (Å²) in [5, 5.41) is 12.1. The van der Waals surface area contributed by atoms with Crippen molar-refractivity contribution in [3.63, 3.8) is 0 Å². The molecule has 0 saturated heterocycles. The Morgan fingerprint density at radius 2 is 2.42 bits per heavy atom. The van der Waals surface area contributed by atoms with Gasteiger partial charge in [-0.05, 0) is 12.8 Å². The van der Waals surface area contributed by atoms with E-state index in [0.29, 0.717) is 6.04 Å². The maximum Gasteiger partial charge on any atom is 0.185 e. The van der Waals surface area contributed by atoms with Gasteiger partial charge in [0.05, 0.1) is 6.10 Å². The summed E-state index contributed by atoms with van der Waals surface area (Å²) < 4.78 is 0. The first-order chi connectivity index (χ1) is 5.77. The van der Waals surface area contributed by atoms with Crippen molar-refractivity contribution in [2.75, 3.05) is 11.9 Å². The van der Waals surface area contributed by atoms with E-state index >= 15 is 0 Å². The largest absolute Gasteiger partial charge is 0.393 e. The van der Waals surface area contributed by atoms with Gasteiger partial charge in [-0.25, -0.2) is 4.98 Å². The van der Waals surface area contributed by atoms with E-state index in [1.165, 1.54) is 0 Å². The van der Waals surface area contributed by atoms with Crippen LogP contribution in [-0.2, 0) is 0 Å². The molecule has 3 nitrogen and oxygen atoms in total. The first-order valence-electron chi connectivity index (χ1n) is 4.08. The van der Waals surface area contributed by atoms with Crippen molar-refractivity contribution in [2.24, 2.45) is 0 Å². The minimum atomic E-state index is -0.0857. The van der Waals surface area contributed by atoms with Crippen LogP contribution in [0.25, 0.3) is 0 Å². The molecule has 66 valence electrons. The number of nitrogens with zero attached hydrogens (tertiary/aromatic N) is 2. The van der Waals surface area contributed by atoms with Crippen LogP contribution < -0.4 is 4.90 Å². The minimum Gasteiger partial charge on any atom is -0.393 e. The molecular weight excluding hydrogens is 172 g/mol. The van der Waals surface area contributed by atoms with E-state index in [9.17, 15) is 0 Å². The van der Waals surface area contributed by atoms with E-state index in [-0.39, 0.29) is 6.10 Å². The topological polar surface area (TPSA) is 36.4 Å². The van der Waals surface area contributed by atoms with Crippen LogP contribution in [0.4, 0.5) is 5.13 Å².